The standard InChI is InChI=1S/C20H25N3S.C7H6OS.C5H13NO/c1-13(2)19(22)15-8-6-7-14(11-15)12-16(21)20-23(3)17-9-4-5-10-18(17)24-20;8-5-6-2-1-3-7(9)4-6;1-6-4-3-5-7-2/h4-11,16,20H,12,21-22H2,1-3H3;1-5,9H;6H,3-5H2,1-2H3. The highest BCUT2D eigenvalue weighted by atomic mass is 32.2. The Hall–Kier alpha value is -2.75. The summed E-state index contributed by atoms with van der Waals surface area (Å²) in [5.74, 6) is 0. The number of thioether (sulfide) groups is 1. The summed E-state index contributed by atoms with van der Waals surface area (Å²) in [6.45, 7) is 5.98. The molecule has 0 saturated carbocycles. The third kappa shape index (κ3) is 10.7. The number of nitrogens with two attached hydrogens (primary N) is 2. The second-order valence-corrected chi connectivity index (χ2v) is 11.4. The minimum atomic E-state index is 0.0515. The third-order valence-electron chi connectivity index (χ3n) is 6.27. The van der Waals surface area contributed by atoms with Gasteiger partial charge in [0.25, 0.3) is 0 Å². The highest BCUT2D eigenvalue weighted by Crippen LogP contribution is 2.43. The van der Waals surface area contributed by atoms with Gasteiger partial charge in [-0.3, -0.25) is 4.79 Å². The number of methoxy groups -OCH3 is 1. The summed E-state index contributed by atoms with van der Waals surface area (Å²) in [5.41, 5.74) is 19.0. The summed E-state index contributed by atoms with van der Waals surface area (Å²) < 4.78 is 4.80. The maximum atomic E-state index is 10.1. The minimum absolute atomic E-state index is 0.0515. The Bertz CT molecular complexity index is 1230. The number of anilines is 1. The number of thiol groups is 1. The van der Waals surface area contributed by atoms with Crippen LogP contribution in [0.3, 0.4) is 0 Å². The lowest BCUT2D eigenvalue weighted by atomic mass is 10.0. The van der Waals surface area contributed by atoms with E-state index in [4.69, 9.17) is 16.2 Å². The molecule has 0 amide bonds. The fourth-order valence-corrected chi connectivity index (χ4v) is 5.62. The van der Waals surface area contributed by atoms with Crippen LogP contribution in [0.5, 0.6) is 0 Å². The number of hydrogen-bond acceptors (Lipinski definition) is 8. The summed E-state index contributed by atoms with van der Waals surface area (Å²) >= 11 is 5.90. The quantitative estimate of drug-likeness (QED) is 0.143. The van der Waals surface area contributed by atoms with Crippen LogP contribution >= 0.6 is 24.4 Å². The van der Waals surface area contributed by atoms with Crippen LogP contribution in [0.4, 0.5) is 5.69 Å². The molecule has 0 saturated heterocycles. The van der Waals surface area contributed by atoms with Crippen LogP contribution in [0.25, 0.3) is 5.70 Å². The average molecular weight is 581 g/mol. The Morgan fingerprint density at radius 1 is 1.12 bits per heavy atom. The van der Waals surface area contributed by atoms with Crippen molar-refractivity contribution in [3.63, 3.8) is 0 Å². The van der Waals surface area contributed by atoms with Gasteiger partial charge < -0.3 is 26.4 Å². The fourth-order valence-electron chi connectivity index (χ4n) is 4.09. The number of fused-ring (bicyclic) bond motifs is 1. The number of likely N-dealkylation sites (N-methyl/N-ethyl adjacent to an activating group) is 1. The van der Waals surface area contributed by atoms with Gasteiger partial charge in [0.15, 0.2) is 0 Å². The minimum Gasteiger partial charge on any atom is -0.398 e. The first-order chi connectivity index (χ1) is 19.2. The molecule has 6 nitrogen and oxygen atoms in total. The van der Waals surface area contributed by atoms with Crippen molar-refractivity contribution in [1.82, 2.24) is 5.32 Å². The Labute approximate surface area is 250 Å². The highest BCUT2D eigenvalue weighted by Gasteiger charge is 2.31. The zero-order chi connectivity index (χ0) is 29.5. The lowest BCUT2D eigenvalue weighted by molar-refractivity contribution is 0.112. The number of para-hydroxylation sites is 1. The van der Waals surface area contributed by atoms with Gasteiger partial charge in [0.1, 0.15) is 6.29 Å². The van der Waals surface area contributed by atoms with E-state index in [1.165, 1.54) is 16.1 Å². The van der Waals surface area contributed by atoms with Gasteiger partial charge in [-0.2, -0.15) is 0 Å². The second kappa shape index (κ2) is 17.8. The van der Waals surface area contributed by atoms with Crippen LogP contribution < -0.4 is 21.7 Å². The van der Waals surface area contributed by atoms with E-state index in [0.29, 0.717) is 5.56 Å². The van der Waals surface area contributed by atoms with E-state index in [1.54, 1.807) is 25.3 Å². The van der Waals surface area contributed by atoms with Gasteiger partial charge in [-0.25, -0.2) is 0 Å². The summed E-state index contributed by atoms with van der Waals surface area (Å²) in [5, 5.41) is 3.28. The summed E-state index contributed by atoms with van der Waals surface area (Å²) in [6, 6.07) is 24.0. The average Bonchev–Trinajstić information content (AvgIpc) is 3.30. The van der Waals surface area contributed by atoms with Crippen LogP contribution in [0, 0.1) is 0 Å². The van der Waals surface area contributed by atoms with E-state index < -0.39 is 0 Å². The lowest BCUT2D eigenvalue weighted by Crippen LogP contribution is -2.43. The molecule has 0 aromatic heterocycles. The van der Waals surface area contributed by atoms with Crippen molar-refractivity contribution in [2.24, 2.45) is 11.5 Å². The molecule has 5 N–H and O–H groups in total. The molecule has 1 aliphatic heterocycles. The Morgan fingerprint density at radius 2 is 1.85 bits per heavy atom. The summed E-state index contributed by atoms with van der Waals surface area (Å²) in [6.07, 6.45) is 2.74. The molecule has 8 heteroatoms. The van der Waals surface area contributed by atoms with Crippen LogP contribution in [-0.2, 0) is 11.2 Å². The molecule has 3 aromatic carbocycles. The molecule has 40 heavy (non-hydrogen) atoms. The molecule has 2 unspecified atom stereocenters. The van der Waals surface area contributed by atoms with E-state index in [1.807, 2.05) is 38.7 Å². The number of allylic oxidation sites excluding steroid dienone is 1. The number of aldehydes is 1. The lowest BCUT2D eigenvalue weighted by Gasteiger charge is -2.27. The van der Waals surface area contributed by atoms with Crippen LogP contribution in [0.1, 0.15) is 41.8 Å². The van der Waals surface area contributed by atoms with Gasteiger partial charge >= 0.3 is 0 Å². The largest absolute Gasteiger partial charge is 0.398 e. The van der Waals surface area contributed by atoms with Crippen molar-refractivity contribution >= 4 is 42.1 Å². The van der Waals surface area contributed by atoms with Crippen molar-refractivity contribution in [3.8, 4) is 0 Å². The molecular formula is C32H44N4O2S2. The molecule has 2 atom stereocenters. The number of rotatable bonds is 9. The van der Waals surface area contributed by atoms with Crippen LogP contribution in [-0.4, -0.2) is 52.1 Å². The number of nitrogens with zero attached hydrogens (tertiary/aromatic N) is 1. The Kier molecular flexibility index (Phi) is 14.9. The van der Waals surface area contributed by atoms with Crippen LogP contribution in [0.2, 0.25) is 0 Å². The van der Waals surface area contributed by atoms with E-state index in [0.717, 1.165) is 54.0 Å². The highest BCUT2D eigenvalue weighted by molar-refractivity contribution is 8.00. The number of carbonyl (C=O) groups excluding carboxylic acids is 1. The van der Waals surface area contributed by atoms with Gasteiger partial charge in [-0.05, 0) is 81.7 Å². The van der Waals surface area contributed by atoms with Gasteiger partial charge in [-0.1, -0.05) is 59.8 Å². The van der Waals surface area contributed by atoms with E-state index in [2.05, 4.69) is 78.4 Å². The van der Waals surface area contributed by atoms with E-state index in [-0.39, 0.29) is 11.4 Å². The predicted molar refractivity (Wildman–Crippen MR) is 175 cm³/mol. The zero-order valence-electron chi connectivity index (χ0n) is 24.3. The van der Waals surface area contributed by atoms with Gasteiger partial charge in [0.05, 0.1) is 11.1 Å². The molecule has 1 aliphatic rings. The van der Waals surface area contributed by atoms with E-state index in [9.17, 15) is 4.79 Å². The van der Waals surface area contributed by atoms with Gasteiger partial charge in [0, 0.05) is 47.9 Å². The Balaban J connectivity index is 0.000000287. The number of hydrogen-bond donors (Lipinski definition) is 4. The molecule has 0 aliphatic carbocycles. The first-order valence-electron chi connectivity index (χ1n) is 13.4. The molecule has 4 rings (SSSR count). The molecule has 0 bridgehead atoms. The molecule has 3 aromatic rings. The fraction of sp³-hybridized carbons (Fsp3) is 0.344. The van der Waals surface area contributed by atoms with Gasteiger partial charge in [-0.15, -0.1) is 12.6 Å². The molecule has 1 heterocycles. The first-order valence-corrected chi connectivity index (χ1v) is 14.7. The third-order valence-corrected chi connectivity index (χ3v) is 8.06. The molecular weight excluding hydrogens is 537 g/mol. The first kappa shape index (κ1) is 33.5. The van der Waals surface area contributed by atoms with Crippen molar-refractivity contribution in [2.75, 3.05) is 39.3 Å². The maximum Gasteiger partial charge on any atom is 0.150 e. The van der Waals surface area contributed by atoms with Crippen molar-refractivity contribution in [1.29, 1.82) is 0 Å². The van der Waals surface area contributed by atoms with Crippen molar-refractivity contribution < 1.29 is 9.53 Å². The maximum absolute atomic E-state index is 10.1. The summed E-state index contributed by atoms with van der Waals surface area (Å²) in [7, 11) is 5.78. The van der Waals surface area contributed by atoms with Crippen LogP contribution in [0.15, 0.2) is 88.2 Å². The second-order valence-electron chi connectivity index (χ2n) is 9.73. The number of benzene rings is 3. The monoisotopic (exact) mass is 580 g/mol. The normalized spacial score (nSPS) is 14.2. The Morgan fingerprint density at radius 3 is 2.45 bits per heavy atom. The van der Waals surface area contributed by atoms with Crippen molar-refractivity contribution in [2.45, 2.75) is 47.9 Å². The molecule has 216 valence electrons. The predicted octanol–water partition coefficient (Wildman–Crippen LogP) is 5.86. The number of nitrogens with one attached hydrogen (secondary N) is 1. The topological polar surface area (TPSA) is 93.6 Å². The number of ether oxygens (including phenoxy) is 1. The van der Waals surface area contributed by atoms with Gasteiger partial charge in [0.2, 0.25) is 0 Å². The van der Waals surface area contributed by atoms with Crippen molar-refractivity contribution in [3.05, 3.63) is 95.1 Å². The molecule has 0 radical (unpaired) electrons. The molecule has 0 fully saturated rings. The SMILES string of the molecule is CC(C)=C(N)c1cccc(CC(N)C2Sc3ccccc3N2C)c1.CNCCCOC.O=Cc1cccc(S)c1. The molecule has 0 spiro atoms. The zero-order valence-corrected chi connectivity index (χ0v) is 26.0. The smallest absolute Gasteiger partial charge is 0.150 e. The van der Waals surface area contributed by atoms with E-state index >= 15 is 0 Å². The number of carbonyl (C=O) groups is 1. The summed E-state index contributed by atoms with van der Waals surface area (Å²) in [4.78, 5) is 14.5.